The third-order valence-corrected chi connectivity index (χ3v) is 2.94. The van der Waals surface area contributed by atoms with E-state index in [0.29, 0.717) is 0 Å². The van der Waals surface area contributed by atoms with Gasteiger partial charge in [-0.15, -0.1) is 0 Å². The molecule has 0 heterocycles. The Labute approximate surface area is 102 Å². The fourth-order valence-corrected chi connectivity index (χ4v) is 1.83. The lowest BCUT2D eigenvalue weighted by Gasteiger charge is -2.19. The van der Waals surface area contributed by atoms with Gasteiger partial charge in [0.15, 0.2) is 0 Å². The largest absolute Gasteiger partial charge is 0.386 e. The summed E-state index contributed by atoms with van der Waals surface area (Å²) in [6.07, 6.45) is -0.669. The number of hydrogen-bond acceptors (Lipinski definition) is 2. The van der Waals surface area contributed by atoms with E-state index in [1.807, 2.05) is 61.5 Å². The predicted octanol–water partition coefficient (Wildman–Crippen LogP) is 2.73. The van der Waals surface area contributed by atoms with Crippen molar-refractivity contribution in [3.8, 4) is 0 Å². The summed E-state index contributed by atoms with van der Waals surface area (Å²) in [5.74, 6) is 0. The van der Waals surface area contributed by atoms with Gasteiger partial charge in [0, 0.05) is 0 Å². The van der Waals surface area contributed by atoms with Crippen LogP contribution in [-0.4, -0.2) is 5.11 Å². The number of aryl methyl sites for hydroxylation is 1. The smallest absolute Gasteiger partial charge is 0.0982 e. The molecule has 0 fully saturated rings. The molecule has 17 heavy (non-hydrogen) atoms. The molecule has 2 nitrogen and oxygen atoms in total. The topological polar surface area (TPSA) is 46.2 Å². The van der Waals surface area contributed by atoms with E-state index in [1.165, 1.54) is 5.56 Å². The van der Waals surface area contributed by atoms with E-state index in [1.54, 1.807) is 0 Å². The normalized spacial score (nSPS) is 14.3. The van der Waals surface area contributed by atoms with Gasteiger partial charge in [0.25, 0.3) is 0 Å². The summed E-state index contributed by atoms with van der Waals surface area (Å²) in [5, 5.41) is 10.2. The molecule has 0 aliphatic heterocycles. The van der Waals surface area contributed by atoms with Crippen LogP contribution in [0.3, 0.4) is 0 Å². The second kappa shape index (κ2) is 5.13. The standard InChI is InChI=1S/C15H17NO/c1-11-7-9-13(10-8-11)15(17)14(16)12-5-3-2-4-6-12/h2-10,14-15,17H,16H2,1H3/t14-,15+/m0/s1. The van der Waals surface area contributed by atoms with Gasteiger partial charge < -0.3 is 10.8 Å². The molecule has 2 heteroatoms. The molecule has 0 aliphatic carbocycles. The number of rotatable bonds is 3. The zero-order valence-electron chi connectivity index (χ0n) is 9.88. The van der Waals surface area contributed by atoms with Crippen LogP contribution in [0.2, 0.25) is 0 Å². The third-order valence-electron chi connectivity index (χ3n) is 2.94. The van der Waals surface area contributed by atoms with Crippen LogP contribution in [0.15, 0.2) is 54.6 Å². The molecule has 0 bridgehead atoms. The highest BCUT2D eigenvalue weighted by Gasteiger charge is 2.18. The number of benzene rings is 2. The van der Waals surface area contributed by atoms with Gasteiger partial charge in [0.05, 0.1) is 12.1 Å². The van der Waals surface area contributed by atoms with E-state index in [2.05, 4.69) is 0 Å². The number of aliphatic hydroxyl groups excluding tert-OH is 1. The van der Waals surface area contributed by atoms with E-state index in [9.17, 15) is 5.11 Å². The first-order chi connectivity index (χ1) is 8.18. The van der Waals surface area contributed by atoms with Gasteiger partial charge >= 0.3 is 0 Å². The van der Waals surface area contributed by atoms with Crippen LogP contribution in [-0.2, 0) is 0 Å². The van der Waals surface area contributed by atoms with Crippen molar-refractivity contribution in [2.45, 2.75) is 19.1 Å². The van der Waals surface area contributed by atoms with E-state index in [4.69, 9.17) is 5.73 Å². The Balaban J connectivity index is 2.20. The second-order valence-electron chi connectivity index (χ2n) is 4.29. The lowest BCUT2D eigenvalue weighted by molar-refractivity contribution is 0.147. The maximum atomic E-state index is 10.2. The highest BCUT2D eigenvalue weighted by molar-refractivity contribution is 5.27. The average molecular weight is 227 g/mol. The summed E-state index contributed by atoms with van der Waals surface area (Å²) in [4.78, 5) is 0. The molecule has 2 atom stereocenters. The van der Waals surface area contributed by atoms with Crippen molar-refractivity contribution in [3.05, 3.63) is 71.3 Å². The van der Waals surface area contributed by atoms with Crippen LogP contribution in [0.5, 0.6) is 0 Å². The quantitative estimate of drug-likeness (QED) is 0.847. The molecule has 2 aromatic rings. The van der Waals surface area contributed by atoms with Gasteiger partial charge in [0.2, 0.25) is 0 Å². The van der Waals surface area contributed by atoms with Gasteiger partial charge in [-0.3, -0.25) is 0 Å². The minimum atomic E-state index is -0.669. The molecule has 2 aromatic carbocycles. The summed E-state index contributed by atoms with van der Waals surface area (Å²) >= 11 is 0. The van der Waals surface area contributed by atoms with Crippen LogP contribution < -0.4 is 5.73 Å². The lowest BCUT2D eigenvalue weighted by atomic mass is 9.96. The van der Waals surface area contributed by atoms with Crippen molar-refractivity contribution in [3.63, 3.8) is 0 Å². The van der Waals surface area contributed by atoms with Gasteiger partial charge in [-0.2, -0.15) is 0 Å². The third kappa shape index (κ3) is 2.73. The van der Waals surface area contributed by atoms with Crippen molar-refractivity contribution >= 4 is 0 Å². The average Bonchev–Trinajstić information content (AvgIpc) is 2.39. The van der Waals surface area contributed by atoms with Gasteiger partial charge in [-0.1, -0.05) is 60.2 Å². The van der Waals surface area contributed by atoms with Crippen molar-refractivity contribution in [1.29, 1.82) is 0 Å². The van der Waals surface area contributed by atoms with Crippen molar-refractivity contribution in [1.82, 2.24) is 0 Å². The van der Waals surface area contributed by atoms with E-state index in [0.717, 1.165) is 11.1 Å². The van der Waals surface area contributed by atoms with Crippen LogP contribution >= 0.6 is 0 Å². The van der Waals surface area contributed by atoms with Crippen molar-refractivity contribution in [2.24, 2.45) is 5.73 Å². The predicted molar refractivity (Wildman–Crippen MR) is 69.5 cm³/mol. The van der Waals surface area contributed by atoms with Gasteiger partial charge in [-0.05, 0) is 18.1 Å². The lowest BCUT2D eigenvalue weighted by Crippen LogP contribution is -2.19. The zero-order chi connectivity index (χ0) is 12.3. The molecule has 88 valence electrons. The molecule has 0 saturated carbocycles. The molecule has 0 spiro atoms. The highest BCUT2D eigenvalue weighted by Crippen LogP contribution is 2.26. The van der Waals surface area contributed by atoms with Gasteiger partial charge in [0.1, 0.15) is 0 Å². The monoisotopic (exact) mass is 227 g/mol. The summed E-state index contributed by atoms with van der Waals surface area (Å²) < 4.78 is 0. The van der Waals surface area contributed by atoms with Gasteiger partial charge in [-0.25, -0.2) is 0 Å². The Hall–Kier alpha value is -1.64. The Morgan fingerprint density at radius 1 is 0.882 bits per heavy atom. The minimum Gasteiger partial charge on any atom is -0.386 e. The molecule has 3 N–H and O–H groups in total. The van der Waals surface area contributed by atoms with E-state index in [-0.39, 0.29) is 6.04 Å². The number of nitrogens with two attached hydrogens (primary N) is 1. The summed E-state index contributed by atoms with van der Waals surface area (Å²) in [6.45, 7) is 2.02. The Morgan fingerprint density at radius 3 is 2.06 bits per heavy atom. The zero-order valence-corrected chi connectivity index (χ0v) is 9.88. The van der Waals surface area contributed by atoms with E-state index >= 15 is 0 Å². The molecular formula is C15H17NO. The molecule has 0 saturated heterocycles. The van der Waals surface area contributed by atoms with Crippen molar-refractivity contribution < 1.29 is 5.11 Å². The van der Waals surface area contributed by atoms with Crippen LogP contribution in [0, 0.1) is 6.92 Å². The molecule has 2 rings (SSSR count). The first kappa shape index (κ1) is 11.8. The number of hydrogen-bond donors (Lipinski definition) is 2. The second-order valence-corrected chi connectivity index (χ2v) is 4.29. The maximum absolute atomic E-state index is 10.2. The molecule has 0 unspecified atom stereocenters. The SMILES string of the molecule is Cc1ccc([C@@H](O)[C@@H](N)c2ccccc2)cc1. The maximum Gasteiger partial charge on any atom is 0.0982 e. The summed E-state index contributed by atoms with van der Waals surface area (Å²) in [7, 11) is 0. The van der Waals surface area contributed by atoms with Crippen molar-refractivity contribution in [2.75, 3.05) is 0 Å². The molecule has 0 amide bonds. The molecule has 0 aromatic heterocycles. The Morgan fingerprint density at radius 2 is 1.47 bits per heavy atom. The first-order valence-corrected chi connectivity index (χ1v) is 5.73. The summed E-state index contributed by atoms with van der Waals surface area (Å²) in [6, 6.07) is 17.1. The highest BCUT2D eigenvalue weighted by atomic mass is 16.3. The Kier molecular flexibility index (Phi) is 3.57. The fourth-order valence-electron chi connectivity index (χ4n) is 1.83. The number of aliphatic hydroxyl groups is 1. The van der Waals surface area contributed by atoms with Crippen LogP contribution in [0.25, 0.3) is 0 Å². The Bertz CT molecular complexity index is 464. The first-order valence-electron chi connectivity index (χ1n) is 5.73. The van der Waals surface area contributed by atoms with Crippen LogP contribution in [0.4, 0.5) is 0 Å². The minimum absolute atomic E-state index is 0.390. The van der Waals surface area contributed by atoms with E-state index < -0.39 is 6.10 Å². The molecular weight excluding hydrogens is 210 g/mol. The fraction of sp³-hybridized carbons (Fsp3) is 0.200. The molecule has 0 aliphatic rings. The summed E-state index contributed by atoms with van der Waals surface area (Å²) in [5.41, 5.74) is 9.03. The molecule has 0 radical (unpaired) electrons. The van der Waals surface area contributed by atoms with Crippen LogP contribution in [0.1, 0.15) is 28.8 Å².